The molecule has 1 aromatic carbocycles. The molecule has 0 atom stereocenters. The van der Waals surface area contributed by atoms with Crippen molar-refractivity contribution in [1.82, 2.24) is 19.9 Å². The normalized spacial score (nSPS) is 14.6. The van der Waals surface area contributed by atoms with Crippen LogP contribution in [0.4, 0.5) is 10.3 Å². The molecule has 2 aromatic heterocycles. The Labute approximate surface area is 171 Å². The first kappa shape index (κ1) is 19.9. The fraction of sp³-hybridized carbons (Fsp3) is 0.300. The molecule has 0 unspecified atom stereocenters. The second-order valence-corrected chi connectivity index (χ2v) is 6.69. The fourth-order valence-corrected chi connectivity index (χ4v) is 3.03. The van der Waals surface area contributed by atoms with Crippen molar-refractivity contribution in [3.05, 3.63) is 48.2 Å². The summed E-state index contributed by atoms with van der Waals surface area (Å²) in [5.74, 6) is 0.104. The number of amides is 1. The predicted octanol–water partition coefficient (Wildman–Crippen LogP) is 2.40. The smallest absolute Gasteiger partial charge is 0.223 e. The molecule has 1 fully saturated rings. The lowest BCUT2D eigenvalue weighted by molar-refractivity contribution is -0.186. The van der Waals surface area contributed by atoms with Crippen LogP contribution in [0.1, 0.15) is 25.0 Å². The number of hydrogen-bond acceptors (Lipinski definition) is 7. The van der Waals surface area contributed by atoms with Crippen molar-refractivity contribution in [2.45, 2.75) is 19.1 Å². The van der Waals surface area contributed by atoms with E-state index in [2.05, 4.69) is 25.3 Å². The van der Waals surface area contributed by atoms with E-state index in [1.165, 1.54) is 12.1 Å². The molecule has 0 aliphatic carbocycles. The van der Waals surface area contributed by atoms with Crippen molar-refractivity contribution in [3.8, 4) is 22.6 Å². The minimum atomic E-state index is -0.610. The molecule has 30 heavy (non-hydrogen) atoms. The second kappa shape index (κ2) is 8.97. The number of halogens is 1. The molecular formula is C20H21FN6O3. The number of nitrogens with zero attached hydrogens (tertiary/aromatic N) is 3. The largest absolute Gasteiger partial charge is 0.370 e. The first-order valence-corrected chi connectivity index (χ1v) is 9.55. The summed E-state index contributed by atoms with van der Waals surface area (Å²) in [4.78, 5) is 27.5. The molecule has 9 nitrogen and oxygen atoms in total. The zero-order valence-electron chi connectivity index (χ0n) is 16.1. The van der Waals surface area contributed by atoms with Crippen LogP contribution in [0.3, 0.4) is 0 Å². The van der Waals surface area contributed by atoms with Gasteiger partial charge >= 0.3 is 0 Å². The Morgan fingerprint density at radius 3 is 2.70 bits per heavy atom. The molecule has 1 saturated heterocycles. The van der Waals surface area contributed by atoms with Gasteiger partial charge in [-0.3, -0.25) is 4.79 Å². The first-order chi connectivity index (χ1) is 14.6. The molecule has 0 saturated carbocycles. The lowest BCUT2D eigenvalue weighted by Crippen LogP contribution is -2.18. The highest BCUT2D eigenvalue weighted by atomic mass is 19.1. The molecule has 1 amide bonds. The summed E-state index contributed by atoms with van der Waals surface area (Å²) < 4.78 is 24.7. The van der Waals surface area contributed by atoms with E-state index in [-0.39, 0.29) is 12.2 Å². The molecule has 156 valence electrons. The quantitative estimate of drug-likeness (QED) is 0.543. The monoisotopic (exact) mass is 412 g/mol. The number of ether oxygens (including phenoxy) is 2. The third-order valence-electron chi connectivity index (χ3n) is 4.46. The van der Waals surface area contributed by atoms with Crippen molar-refractivity contribution in [3.63, 3.8) is 0 Å². The van der Waals surface area contributed by atoms with Gasteiger partial charge in [0.05, 0.1) is 30.3 Å². The SMILES string of the molecule is NC(=O)CCNc1nccc(-c2[nH]c(C3OCCCO3)nc2-c2ccc(F)cc2)n1. The topological polar surface area (TPSA) is 128 Å². The third kappa shape index (κ3) is 4.61. The van der Waals surface area contributed by atoms with Gasteiger partial charge in [0.1, 0.15) is 5.82 Å². The zero-order chi connectivity index (χ0) is 20.9. The van der Waals surface area contributed by atoms with Gasteiger partial charge in [-0.15, -0.1) is 0 Å². The number of primary amides is 1. The minimum absolute atomic E-state index is 0.166. The van der Waals surface area contributed by atoms with Crippen molar-refractivity contribution < 1.29 is 18.7 Å². The van der Waals surface area contributed by atoms with E-state index in [1.807, 2.05) is 0 Å². The van der Waals surface area contributed by atoms with Gasteiger partial charge in [-0.05, 0) is 36.8 Å². The molecule has 0 radical (unpaired) electrons. The Morgan fingerprint density at radius 1 is 1.20 bits per heavy atom. The average molecular weight is 412 g/mol. The maximum absolute atomic E-state index is 13.4. The van der Waals surface area contributed by atoms with Gasteiger partial charge < -0.3 is 25.5 Å². The summed E-state index contributed by atoms with van der Waals surface area (Å²) in [5, 5.41) is 2.97. The highest BCUT2D eigenvalue weighted by Crippen LogP contribution is 2.32. The average Bonchev–Trinajstić information content (AvgIpc) is 3.20. The van der Waals surface area contributed by atoms with E-state index in [4.69, 9.17) is 15.2 Å². The number of anilines is 1. The molecule has 4 N–H and O–H groups in total. The Kier molecular flexibility index (Phi) is 5.96. The van der Waals surface area contributed by atoms with E-state index in [9.17, 15) is 9.18 Å². The Morgan fingerprint density at radius 2 is 1.97 bits per heavy atom. The Balaban J connectivity index is 1.69. The number of imidazole rings is 1. The Bertz CT molecular complexity index is 1020. The molecular weight excluding hydrogens is 391 g/mol. The predicted molar refractivity (Wildman–Crippen MR) is 107 cm³/mol. The van der Waals surface area contributed by atoms with E-state index in [0.717, 1.165) is 6.42 Å². The van der Waals surface area contributed by atoms with Gasteiger partial charge in [-0.1, -0.05) is 0 Å². The molecule has 1 aliphatic heterocycles. The number of H-pyrrole nitrogens is 1. The molecule has 10 heteroatoms. The summed E-state index contributed by atoms with van der Waals surface area (Å²) in [6, 6.07) is 7.77. The minimum Gasteiger partial charge on any atom is -0.370 e. The molecule has 3 heterocycles. The highest BCUT2D eigenvalue weighted by Gasteiger charge is 2.24. The molecule has 4 rings (SSSR count). The van der Waals surface area contributed by atoms with Crippen LogP contribution in [0.15, 0.2) is 36.5 Å². The van der Waals surface area contributed by atoms with Crippen LogP contribution in [-0.2, 0) is 14.3 Å². The zero-order valence-corrected chi connectivity index (χ0v) is 16.1. The van der Waals surface area contributed by atoms with Crippen molar-refractivity contribution in [2.24, 2.45) is 5.73 Å². The lowest BCUT2D eigenvalue weighted by atomic mass is 10.1. The summed E-state index contributed by atoms with van der Waals surface area (Å²) >= 11 is 0. The molecule has 1 aliphatic rings. The van der Waals surface area contributed by atoms with Gasteiger partial charge in [-0.25, -0.2) is 19.3 Å². The number of aromatic amines is 1. The molecule has 3 aromatic rings. The summed E-state index contributed by atoms with van der Waals surface area (Å²) in [6.07, 6.45) is 1.97. The number of carbonyl (C=O) groups excluding carboxylic acids is 1. The number of carbonyl (C=O) groups is 1. The van der Waals surface area contributed by atoms with Crippen molar-refractivity contribution >= 4 is 11.9 Å². The van der Waals surface area contributed by atoms with E-state index < -0.39 is 12.2 Å². The van der Waals surface area contributed by atoms with Crippen LogP contribution in [0, 0.1) is 5.82 Å². The number of nitrogens with two attached hydrogens (primary N) is 1. The van der Waals surface area contributed by atoms with Crippen LogP contribution in [0.2, 0.25) is 0 Å². The number of hydrogen-bond donors (Lipinski definition) is 3. The maximum Gasteiger partial charge on any atom is 0.223 e. The van der Waals surface area contributed by atoms with Crippen LogP contribution in [-0.4, -0.2) is 45.6 Å². The van der Waals surface area contributed by atoms with Gasteiger partial charge in [-0.2, -0.15) is 0 Å². The first-order valence-electron chi connectivity index (χ1n) is 9.55. The summed E-state index contributed by atoms with van der Waals surface area (Å²) in [7, 11) is 0. The number of benzene rings is 1. The summed E-state index contributed by atoms with van der Waals surface area (Å²) in [5.41, 5.74) is 7.65. The fourth-order valence-electron chi connectivity index (χ4n) is 3.03. The van der Waals surface area contributed by atoms with E-state index in [1.54, 1.807) is 24.4 Å². The van der Waals surface area contributed by atoms with Gasteiger partial charge in [0.2, 0.25) is 18.1 Å². The van der Waals surface area contributed by atoms with Crippen LogP contribution in [0.5, 0.6) is 0 Å². The van der Waals surface area contributed by atoms with Crippen LogP contribution in [0.25, 0.3) is 22.6 Å². The van der Waals surface area contributed by atoms with Gasteiger partial charge in [0, 0.05) is 24.7 Å². The van der Waals surface area contributed by atoms with Crippen LogP contribution < -0.4 is 11.1 Å². The van der Waals surface area contributed by atoms with Crippen LogP contribution >= 0.6 is 0 Å². The standard InChI is InChI=1S/C20H21FN6O3/c21-13-4-2-12(3-5-13)16-17(27-18(26-16)19-29-10-1-11-30-19)14-6-8-23-20(25-14)24-9-7-15(22)28/h2-6,8,19H,1,7,9-11H2,(H2,22,28)(H,26,27)(H,23,24,25). The summed E-state index contributed by atoms with van der Waals surface area (Å²) in [6.45, 7) is 1.48. The van der Waals surface area contributed by atoms with E-state index in [0.29, 0.717) is 54.2 Å². The number of nitrogens with one attached hydrogen (secondary N) is 2. The Hall–Kier alpha value is -3.37. The second-order valence-electron chi connectivity index (χ2n) is 6.69. The molecule has 0 spiro atoms. The lowest BCUT2D eigenvalue weighted by Gasteiger charge is -2.21. The van der Waals surface area contributed by atoms with E-state index >= 15 is 0 Å². The number of aromatic nitrogens is 4. The number of rotatable bonds is 7. The van der Waals surface area contributed by atoms with Crippen molar-refractivity contribution in [1.29, 1.82) is 0 Å². The molecule has 0 bridgehead atoms. The highest BCUT2D eigenvalue weighted by molar-refractivity contribution is 5.77. The van der Waals surface area contributed by atoms with Gasteiger partial charge in [0.25, 0.3) is 0 Å². The van der Waals surface area contributed by atoms with Gasteiger partial charge in [0.15, 0.2) is 5.82 Å². The van der Waals surface area contributed by atoms with Crippen molar-refractivity contribution in [2.75, 3.05) is 25.1 Å². The maximum atomic E-state index is 13.4. The third-order valence-corrected chi connectivity index (χ3v) is 4.46.